The van der Waals surface area contributed by atoms with Gasteiger partial charge in [0.25, 0.3) is 5.91 Å². The minimum Gasteiger partial charge on any atom is -0.489 e. The Hall–Kier alpha value is -3.83. The first-order chi connectivity index (χ1) is 16.5. The number of nitrogens with zero attached hydrogens (tertiary/aromatic N) is 1. The maximum atomic E-state index is 13.5. The second kappa shape index (κ2) is 10.4. The molecule has 0 unspecified atom stereocenters. The second-order valence-corrected chi connectivity index (χ2v) is 8.14. The van der Waals surface area contributed by atoms with Crippen molar-refractivity contribution in [2.75, 3.05) is 11.5 Å². The molecule has 0 atom stereocenters. The number of amides is 1. The molecule has 4 rings (SSSR count). The average molecular weight is 474 g/mol. The summed E-state index contributed by atoms with van der Waals surface area (Å²) in [6.45, 7) is 4.11. The van der Waals surface area contributed by atoms with E-state index in [1.54, 1.807) is 44.2 Å². The molecule has 0 bridgehead atoms. The molecule has 1 aliphatic heterocycles. The highest BCUT2D eigenvalue weighted by molar-refractivity contribution is 6.30. The molecule has 0 saturated heterocycles. The molecule has 0 spiro atoms. The average Bonchev–Trinajstić information content (AvgIpc) is 3.08. The van der Waals surface area contributed by atoms with Gasteiger partial charge in [-0.1, -0.05) is 54.1 Å². The van der Waals surface area contributed by atoms with E-state index in [9.17, 15) is 9.59 Å². The molecule has 0 aliphatic carbocycles. The Labute approximate surface area is 203 Å². The molecule has 0 saturated carbocycles. The number of ether oxygens (including phenoxy) is 2. The van der Waals surface area contributed by atoms with E-state index < -0.39 is 5.97 Å². The lowest BCUT2D eigenvalue weighted by atomic mass is 10.0. The highest BCUT2D eigenvalue weighted by Gasteiger charge is 2.38. The Kier molecular flexibility index (Phi) is 7.14. The number of benzene rings is 3. The Bertz CT molecular complexity index is 1260. The van der Waals surface area contributed by atoms with Crippen LogP contribution in [0, 0.1) is 0 Å². The van der Waals surface area contributed by atoms with Crippen LogP contribution >= 0.6 is 11.6 Å². The highest BCUT2D eigenvalue weighted by Crippen LogP contribution is 2.36. The van der Waals surface area contributed by atoms with Gasteiger partial charge >= 0.3 is 5.97 Å². The molecule has 0 N–H and O–H groups in total. The molecule has 0 radical (unpaired) electrons. The van der Waals surface area contributed by atoms with E-state index in [-0.39, 0.29) is 23.7 Å². The Morgan fingerprint density at radius 3 is 2.44 bits per heavy atom. The Balaban J connectivity index is 1.67. The van der Waals surface area contributed by atoms with E-state index in [4.69, 9.17) is 21.1 Å². The minimum absolute atomic E-state index is 0.209. The molecule has 34 heavy (non-hydrogen) atoms. The summed E-state index contributed by atoms with van der Waals surface area (Å²) < 4.78 is 11.2. The van der Waals surface area contributed by atoms with Gasteiger partial charge in [0.15, 0.2) is 0 Å². The minimum atomic E-state index is -0.535. The van der Waals surface area contributed by atoms with Gasteiger partial charge in [0.2, 0.25) is 0 Å². The zero-order chi connectivity index (χ0) is 24.1. The van der Waals surface area contributed by atoms with Gasteiger partial charge in [-0.05, 0) is 67.4 Å². The van der Waals surface area contributed by atoms with Crippen LogP contribution in [0.25, 0.3) is 6.08 Å². The quantitative estimate of drug-likeness (QED) is 0.303. The van der Waals surface area contributed by atoms with Crippen molar-refractivity contribution in [2.24, 2.45) is 0 Å². The van der Waals surface area contributed by atoms with E-state index in [1.807, 2.05) is 54.6 Å². The molecule has 172 valence electrons. The zero-order valence-corrected chi connectivity index (χ0v) is 19.7. The van der Waals surface area contributed by atoms with Crippen molar-refractivity contribution in [3.8, 4) is 5.75 Å². The highest BCUT2D eigenvalue weighted by atomic mass is 35.5. The number of carbonyl (C=O) groups is 2. The molecule has 3 aromatic carbocycles. The Morgan fingerprint density at radius 1 is 1.00 bits per heavy atom. The van der Waals surface area contributed by atoms with E-state index in [0.717, 1.165) is 11.1 Å². The van der Waals surface area contributed by atoms with Crippen LogP contribution < -0.4 is 9.64 Å². The first-order valence-corrected chi connectivity index (χ1v) is 11.3. The van der Waals surface area contributed by atoms with E-state index >= 15 is 0 Å². The SMILES string of the molecule is CCOC(=O)C1=C(C)N(c2ccc(Cl)cc2)C(=O)/C1=C\c1cccc(OCc2ccccc2)c1. The van der Waals surface area contributed by atoms with Crippen LogP contribution in [0.5, 0.6) is 5.75 Å². The van der Waals surface area contributed by atoms with Crippen LogP contribution in [0.15, 0.2) is 95.7 Å². The normalized spacial score (nSPS) is 14.6. The molecular weight excluding hydrogens is 450 g/mol. The number of halogens is 1. The molecule has 3 aromatic rings. The van der Waals surface area contributed by atoms with Crippen molar-refractivity contribution < 1.29 is 19.1 Å². The maximum Gasteiger partial charge on any atom is 0.340 e. The predicted octanol–water partition coefficient (Wildman–Crippen LogP) is 6.19. The van der Waals surface area contributed by atoms with Gasteiger partial charge in [-0.2, -0.15) is 0 Å². The fourth-order valence-electron chi connectivity index (χ4n) is 3.78. The van der Waals surface area contributed by atoms with Crippen molar-refractivity contribution in [2.45, 2.75) is 20.5 Å². The van der Waals surface area contributed by atoms with Gasteiger partial charge in [0.05, 0.1) is 17.8 Å². The lowest BCUT2D eigenvalue weighted by molar-refractivity contribution is -0.138. The number of hydrogen-bond acceptors (Lipinski definition) is 4. The monoisotopic (exact) mass is 473 g/mol. The lowest BCUT2D eigenvalue weighted by Gasteiger charge is -2.18. The summed E-state index contributed by atoms with van der Waals surface area (Å²) in [5.74, 6) is -0.178. The second-order valence-electron chi connectivity index (χ2n) is 7.70. The largest absolute Gasteiger partial charge is 0.489 e. The molecule has 1 heterocycles. The molecule has 1 aliphatic rings. The van der Waals surface area contributed by atoms with Gasteiger partial charge in [-0.25, -0.2) is 4.79 Å². The number of esters is 1. The van der Waals surface area contributed by atoms with Crippen LogP contribution in [-0.2, 0) is 20.9 Å². The van der Waals surface area contributed by atoms with Gasteiger partial charge < -0.3 is 9.47 Å². The molecule has 5 nitrogen and oxygen atoms in total. The van der Waals surface area contributed by atoms with Crippen LogP contribution in [-0.4, -0.2) is 18.5 Å². The van der Waals surface area contributed by atoms with Crippen LogP contribution in [0.1, 0.15) is 25.0 Å². The van der Waals surface area contributed by atoms with Crippen LogP contribution in [0.4, 0.5) is 5.69 Å². The van der Waals surface area contributed by atoms with Crippen molar-refractivity contribution in [1.29, 1.82) is 0 Å². The first-order valence-electron chi connectivity index (χ1n) is 10.9. The summed E-state index contributed by atoms with van der Waals surface area (Å²) in [4.78, 5) is 27.8. The molecule has 6 heteroatoms. The van der Waals surface area contributed by atoms with Gasteiger partial charge in [-0.3, -0.25) is 9.69 Å². The summed E-state index contributed by atoms with van der Waals surface area (Å²) in [5, 5.41) is 0.561. The Morgan fingerprint density at radius 2 is 1.74 bits per heavy atom. The number of rotatable bonds is 7. The van der Waals surface area contributed by atoms with Crippen LogP contribution in [0.3, 0.4) is 0 Å². The zero-order valence-electron chi connectivity index (χ0n) is 19.0. The molecule has 0 fully saturated rings. The topological polar surface area (TPSA) is 55.8 Å². The van der Waals surface area contributed by atoms with Gasteiger partial charge in [0, 0.05) is 16.4 Å². The van der Waals surface area contributed by atoms with Crippen molar-refractivity contribution in [3.63, 3.8) is 0 Å². The fraction of sp³-hybridized carbons (Fsp3) is 0.143. The lowest BCUT2D eigenvalue weighted by Crippen LogP contribution is -2.24. The molecular formula is C28H24ClNO4. The van der Waals surface area contributed by atoms with Crippen molar-refractivity contribution in [3.05, 3.63) is 112 Å². The summed E-state index contributed by atoms with van der Waals surface area (Å²) in [5.41, 5.74) is 3.44. The van der Waals surface area contributed by atoms with Gasteiger partial charge in [0.1, 0.15) is 12.4 Å². The maximum absolute atomic E-state index is 13.5. The summed E-state index contributed by atoms with van der Waals surface area (Å²) >= 11 is 6.01. The molecule has 1 amide bonds. The van der Waals surface area contributed by atoms with Crippen molar-refractivity contribution >= 4 is 35.2 Å². The third-order valence-corrected chi connectivity index (χ3v) is 5.63. The van der Waals surface area contributed by atoms with Crippen molar-refractivity contribution in [1.82, 2.24) is 0 Å². The van der Waals surface area contributed by atoms with E-state index in [0.29, 0.717) is 28.8 Å². The van der Waals surface area contributed by atoms with E-state index in [1.165, 1.54) is 4.90 Å². The summed E-state index contributed by atoms with van der Waals surface area (Å²) in [6.07, 6.45) is 1.70. The predicted molar refractivity (Wildman–Crippen MR) is 133 cm³/mol. The van der Waals surface area contributed by atoms with E-state index in [2.05, 4.69) is 0 Å². The number of anilines is 1. The fourth-order valence-corrected chi connectivity index (χ4v) is 3.91. The number of hydrogen-bond donors (Lipinski definition) is 0. The smallest absolute Gasteiger partial charge is 0.340 e. The number of carbonyl (C=O) groups excluding carboxylic acids is 2. The first kappa shape index (κ1) is 23.3. The standard InChI is InChI=1S/C28H24ClNO4/c1-3-33-28(32)26-19(2)30(23-14-12-22(29)13-15-23)27(31)25(26)17-21-10-7-11-24(16-21)34-18-20-8-5-4-6-9-20/h4-17H,3,18H2,1-2H3/b25-17-. The third kappa shape index (κ3) is 5.05. The number of allylic oxidation sites excluding steroid dienone is 1. The summed E-state index contributed by atoms with van der Waals surface area (Å²) in [6, 6.07) is 24.2. The molecule has 0 aromatic heterocycles. The van der Waals surface area contributed by atoms with Gasteiger partial charge in [-0.15, -0.1) is 0 Å². The third-order valence-electron chi connectivity index (χ3n) is 5.38. The summed E-state index contributed by atoms with van der Waals surface area (Å²) in [7, 11) is 0. The van der Waals surface area contributed by atoms with Crippen LogP contribution in [0.2, 0.25) is 5.02 Å².